The van der Waals surface area contributed by atoms with Gasteiger partial charge in [0.1, 0.15) is 4.83 Å². The van der Waals surface area contributed by atoms with Gasteiger partial charge >= 0.3 is 0 Å². The van der Waals surface area contributed by atoms with Gasteiger partial charge in [0.15, 0.2) is 5.16 Å². The van der Waals surface area contributed by atoms with Crippen molar-refractivity contribution in [3.8, 4) is 0 Å². The average Bonchev–Trinajstić information content (AvgIpc) is 3.16. The maximum atomic E-state index is 13.7. The van der Waals surface area contributed by atoms with Crippen LogP contribution in [0.1, 0.15) is 60.9 Å². The molecule has 2 heterocycles. The number of fused-ring (bicyclic) bond motifs is 3. The van der Waals surface area contributed by atoms with Crippen LogP contribution >= 0.6 is 23.1 Å². The highest BCUT2D eigenvalue weighted by Gasteiger charge is 2.24. The molecular formula is C25H30N2OS2. The standard InChI is InChI=1S/C25H30N2OS2/c28-24-22-20-13-7-8-14-21(20)30-23(22)26-25(27(24)17-19-11-5-2-6-12-19)29-16-15-18-9-3-1-4-10-18/h1,3-4,9-10,19H,2,5-8,11-17H2. The van der Waals surface area contributed by atoms with E-state index >= 15 is 0 Å². The molecule has 3 nitrogen and oxygen atoms in total. The number of aryl methyl sites for hydroxylation is 3. The molecule has 3 aromatic rings. The van der Waals surface area contributed by atoms with Crippen LogP contribution in [0.5, 0.6) is 0 Å². The lowest BCUT2D eigenvalue weighted by Crippen LogP contribution is -2.28. The first kappa shape index (κ1) is 20.3. The number of thioether (sulfide) groups is 1. The number of rotatable bonds is 6. The van der Waals surface area contributed by atoms with Gasteiger partial charge in [0.2, 0.25) is 0 Å². The summed E-state index contributed by atoms with van der Waals surface area (Å²) >= 11 is 3.54. The average molecular weight is 439 g/mol. The van der Waals surface area contributed by atoms with E-state index < -0.39 is 0 Å². The maximum Gasteiger partial charge on any atom is 0.263 e. The van der Waals surface area contributed by atoms with Crippen molar-refractivity contribution < 1.29 is 0 Å². The Hall–Kier alpha value is -1.59. The first-order valence-corrected chi connectivity index (χ1v) is 13.3. The van der Waals surface area contributed by atoms with E-state index in [4.69, 9.17) is 4.98 Å². The molecule has 0 spiro atoms. The van der Waals surface area contributed by atoms with E-state index in [2.05, 4.69) is 34.9 Å². The van der Waals surface area contributed by atoms with E-state index in [1.54, 1.807) is 23.1 Å². The smallest absolute Gasteiger partial charge is 0.263 e. The predicted octanol–water partition coefficient (Wildman–Crippen LogP) is 6.25. The summed E-state index contributed by atoms with van der Waals surface area (Å²) in [4.78, 5) is 21.2. The van der Waals surface area contributed by atoms with E-state index in [9.17, 15) is 4.79 Å². The van der Waals surface area contributed by atoms with Crippen LogP contribution in [-0.2, 0) is 25.8 Å². The fourth-order valence-corrected chi connectivity index (χ4v) is 7.32. The number of nitrogens with zero attached hydrogens (tertiary/aromatic N) is 2. The highest BCUT2D eigenvalue weighted by atomic mass is 32.2. The van der Waals surface area contributed by atoms with Crippen LogP contribution in [0.4, 0.5) is 0 Å². The Morgan fingerprint density at radius 2 is 1.83 bits per heavy atom. The molecular weight excluding hydrogens is 408 g/mol. The molecule has 0 bridgehead atoms. The minimum absolute atomic E-state index is 0.229. The van der Waals surface area contributed by atoms with Crippen molar-refractivity contribution in [3.05, 3.63) is 56.7 Å². The van der Waals surface area contributed by atoms with Gasteiger partial charge in [-0.25, -0.2) is 4.98 Å². The van der Waals surface area contributed by atoms with E-state index in [0.29, 0.717) is 5.92 Å². The van der Waals surface area contributed by atoms with Gasteiger partial charge < -0.3 is 0 Å². The normalized spacial score (nSPS) is 17.3. The zero-order valence-electron chi connectivity index (χ0n) is 17.6. The number of thiophene rings is 1. The largest absolute Gasteiger partial charge is 0.287 e. The van der Waals surface area contributed by atoms with Crippen molar-refractivity contribution in [3.63, 3.8) is 0 Å². The molecule has 0 N–H and O–H groups in total. The third-order valence-corrected chi connectivity index (χ3v) is 8.83. The summed E-state index contributed by atoms with van der Waals surface area (Å²) in [6.07, 6.45) is 12.1. The number of hydrogen-bond donors (Lipinski definition) is 0. The van der Waals surface area contributed by atoms with Crippen LogP contribution in [0.25, 0.3) is 10.2 Å². The minimum atomic E-state index is 0.229. The van der Waals surface area contributed by atoms with Crippen LogP contribution in [0.3, 0.4) is 0 Å². The molecule has 2 aliphatic carbocycles. The topological polar surface area (TPSA) is 34.9 Å². The highest BCUT2D eigenvalue weighted by molar-refractivity contribution is 7.99. The van der Waals surface area contributed by atoms with Crippen molar-refractivity contribution in [1.29, 1.82) is 0 Å². The second-order valence-corrected chi connectivity index (χ2v) is 10.9. The molecule has 30 heavy (non-hydrogen) atoms. The van der Waals surface area contributed by atoms with Gasteiger partial charge in [0.05, 0.1) is 5.39 Å². The number of aromatic nitrogens is 2. The maximum absolute atomic E-state index is 13.7. The van der Waals surface area contributed by atoms with Crippen LogP contribution < -0.4 is 5.56 Å². The van der Waals surface area contributed by atoms with Gasteiger partial charge in [-0.1, -0.05) is 61.4 Å². The minimum Gasteiger partial charge on any atom is -0.287 e. The van der Waals surface area contributed by atoms with E-state index in [-0.39, 0.29) is 5.56 Å². The Labute approximate surface area is 186 Å². The third-order valence-electron chi connectivity index (χ3n) is 6.67. The Bertz CT molecular complexity index is 1060. The quantitative estimate of drug-likeness (QED) is 0.337. The van der Waals surface area contributed by atoms with Crippen LogP contribution in [0.2, 0.25) is 0 Å². The summed E-state index contributed by atoms with van der Waals surface area (Å²) in [7, 11) is 0. The Morgan fingerprint density at radius 1 is 1.03 bits per heavy atom. The molecule has 0 aliphatic heterocycles. The molecule has 0 unspecified atom stereocenters. The fourth-order valence-electron chi connectivity index (χ4n) is 5.02. The molecule has 2 aliphatic rings. The van der Waals surface area contributed by atoms with E-state index in [1.807, 2.05) is 0 Å². The molecule has 5 rings (SSSR count). The predicted molar refractivity (Wildman–Crippen MR) is 128 cm³/mol. The molecule has 1 fully saturated rings. The third kappa shape index (κ3) is 4.24. The van der Waals surface area contributed by atoms with Crippen LogP contribution in [-0.4, -0.2) is 15.3 Å². The molecule has 5 heteroatoms. The summed E-state index contributed by atoms with van der Waals surface area (Å²) in [5.41, 5.74) is 2.89. The molecule has 158 valence electrons. The molecule has 1 saturated carbocycles. The van der Waals surface area contributed by atoms with Gasteiger partial charge in [0, 0.05) is 17.2 Å². The van der Waals surface area contributed by atoms with Crippen molar-refractivity contribution in [2.45, 2.75) is 75.9 Å². The molecule has 0 amide bonds. The first-order valence-electron chi connectivity index (χ1n) is 11.5. The molecule has 1 aromatic carbocycles. The molecule has 0 atom stereocenters. The summed E-state index contributed by atoms with van der Waals surface area (Å²) < 4.78 is 2.05. The first-order chi connectivity index (χ1) is 14.8. The van der Waals surface area contributed by atoms with Gasteiger partial charge in [-0.15, -0.1) is 11.3 Å². The summed E-state index contributed by atoms with van der Waals surface area (Å²) in [5, 5.41) is 1.88. The number of hydrogen-bond acceptors (Lipinski definition) is 4. The van der Waals surface area contributed by atoms with Crippen molar-refractivity contribution in [2.75, 3.05) is 5.75 Å². The van der Waals surface area contributed by atoms with Crippen LogP contribution in [0, 0.1) is 5.92 Å². The Kier molecular flexibility index (Phi) is 6.28. The Balaban J connectivity index is 1.48. The molecule has 2 aromatic heterocycles. The molecule has 0 saturated heterocycles. The lowest BCUT2D eigenvalue weighted by Gasteiger charge is -2.23. The van der Waals surface area contributed by atoms with Gasteiger partial charge in [-0.3, -0.25) is 9.36 Å². The van der Waals surface area contributed by atoms with Gasteiger partial charge in [-0.05, 0) is 62.0 Å². The Morgan fingerprint density at radius 3 is 2.67 bits per heavy atom. The lowest BCUT2D eigenvalue weighted by molar-refractivity contribution is 0.306. The second-order valence-electron chi connectivity index (χ2n) is 8.79. The second kappa shape index (κ2) is 9.27. The number of benzene rings is 1. The van der Waals surface area contributed by atoms with Crippen LogP contribution in [0.15, 0.2) is 40.3 Å². The summed E-state index contributed by atoms with van der Waals surface area (Å²) in [6.45, 7) is 0.847. The van der Waals surface area contributed by atoms with Crippen molar-refractivity contribution >= 4 is 33.3 Å². The summed E-state index contributed by atoms with van der Waals surface area (Å²) in [6, 6.07) is 10.6. The fraction of sp³-hybridized carbons (Fsp3) is 0.520. The van der Waals surface area contributed by atoms with E-state index in [0.717, 1.165) is 46.9 Å². The monoisotopic (exact) mass is 438 g/mol. The molecule has 0 radical (unpaired) electrons. The van der Waals surface area contributed by atoms with Crippen molar-refractivity contribution in [2.24, 2.45) is 5.92 Å². The summed E-state index contributed by atoms with van der Waals surface area (Å²) in [5.74, 6) is 1.58. The SMILES string of the molecule is O=c1c2c3c(sc2nc(SCCc2ccccc2)n1CC1CCCCC1)CCCC3. The van der Waals surface area contributed by atoms with E-state index in [1.165, 1.54) is 60.9 Å². The van der Waals surface area contributed by atoms with Crippen molar-refractivity contribution in [1.82, 2.24) is 9.55 Å². The highest BCUT2D eigenvalue weighted by Crippen LogP contribution is 2.35. The lowest BCUT2D eigenvalue weighted by atomic mass is 9.89. The zero-order chi connectivity index (χ0) is 20.3. The van der Waals surface area contributed by atoms with Gasteiger partial charge in [-0.2, -0.15) is 0 Å². The van der Waals surface area contributed by atoms with Gasteiger partial charge in [0.25, 0.3) is 5.56 Å². The zero-order valence-corrected chi connectivity index (χ0v) is 19.2.